The Hall–Kier alpha value is -3.09. The predicted molar refractivity (Wildman–Crippen MR) is 118 cm³/mol. The lowest BCUT2D eigenvalue weighted by molar-refractivity contribution is 0.370. The minimum atomic E-state index is 0.141. The lowest BCUT2D eigenvalue weighted by Crippen LogP contribution is -2.40. The number of hydrogen-bond acceptors (Lipinski definition) is 5. The monoisotopic (exact) mass is 413 g/mol. The van der Waals surface area contributed by atoms with Gasteiger partial charge >= 0.3 is 0 Å². The number of phenols is 1. The average molecular weight is 414 g/mol. The molecule has 7 nitrogen and oxygen atoms in total. The number of nitrogens with one attached hydrogen (secondary N) is 1. The highest BCUT2D eigenvalue weighted by Crippen LogP contribution is 2.33. The summed E-state index contributed by atoms with van der Waals surface area (Å²) in [6, 6.07) is 11.5. The molecule has 0 aromatic heterocycles. The Morgan fingerprint density at radius 2 is 1.87 bits per heavy atom. The molecular weight excluding hydrogens is 382 g/mol. The van der Waals surface area contributed by atoms with E-state index in [-0.39, 0.29) is 5.75 Å². The summed E-state index contributed by atoms with van der Waals surface area (Å²) in [7, 11) is 4.89. The fraction of sp³-hybridized carbons (Fsp3) is 0.435. The molecule has 3 rings (SSSR count). The van der Waals surface area contributed by atoms with Gasteiger partial charge in [-0.3, -0.25) is 0 Å². The topological polar surface area (TPSA) is 75.6 Å². The van der Waals surface area contributed by atoms with Crippen LogP contribution in [0.5, 0.6) is 23.0 Å². The van der Waals surface area contributed by atoms with Gasteiger partial charge in [-0.1, -0.05) is 12.1 Å². The van der Waals surface area contributed by atoms with Crippen LogP contribution < -0.4 is 19.5 Å². The maximum atomic E-state index is 10.3. The van der Waals surface area contributed by atoms with Crippen molar-refractivity contribution in [2.75, 3.05) is 41.0 Å². The van der Waals surface area contributed by atoms with E-state index in [1.54, 1.807) is 27.4 Å². The molecule has 2 aromatic carbocycles. The van der Waals surface area contributed by atoms with Crippen molar-refractivity contribution in [2.45, 2.75) is 25.8 Å². The molecule has 2 aromatic rings. The van der Waals surface area contributed by atoms with Crippen molar-refractivity contribution in [3.63, 3.8) is 0 Å². The summed E-state index contributed by atoms with van der Waals surface area (Å²) in [4.78, 5) is 7.03. The molecule has 7 heteroatoms. The van der Waals surface area contributed by atoms with E-state index in [0.29, 0.717) is 18.2 Å². The fourth-order valence-electron chi connectivity index (χ4n) is 3.74. The lowest BCUT2D eigenvalue weighted by Gasteiger charge is -2.22. The normalized spacial score (nSPS) is 16.5. The number of rotatable bonds is 7. The molecule has 1 fully saturated rings. The summed E-state index contributed by atoms with van der Waals surface area (Å²) in [5.74, 6) is 3.41. The molecule has 1 saturated heterocycles. The van der Waals surface area contributed by atoms with Gasteiger partial charge in [0.25, 0.3) is 0 Å². The van der Waals surface area contributed by atoms with Crippen LogP contribution in [0.3, 0.4) is 0 Å². The molecule has 0 bridgehead atoms. The molecule has 2 N–H and O–H groups in total. The van der Waals surface area contributed by atoms with Gasteiger partial charge in [0, 0.05) is 37.2 Å². The van der Waals surface area contributed by atoms with Gasteiger partial charge in [0.1, 0.15) is 11.5 Å². The molecule has 0 amide bonds. The Labute approximate surface area is 178 Å². The maximum Gasteiger partial charge on any atom is 0.194 e. The SMILES string of the molecule is CCNC(=NCc1cccc(OC)c1O)N1CCC(c2cc(OC)cc(OC)c2)C1. The van der Waals surface area contributed by atoms with Crippen molar-refractivity contribution >= 4 is 5.96 Å². The van der Waals surface area contributed by atoms with E-state index < -0.39 is 0 Å². The number of benzene rings is 2. The molecule has 0 saturated carbocycles. The van der Waals surface area contributed by atoms with Crippen molar-refractivity contribution in [1.82, 2.24) is 10.2 Å². The maximum absolute atomic E-state index is 10.3. The largest absolute Gasteiger partial charge is 0.504 e. The van der Waals surface area contributed by atoms with Crippen molar-refractivity contribution in [1.29, 1.82) is 0 Å². The van der Waals surface area contributed by atoms with E-state index in [4.69, 9.17) is 19.2 Å². The van der Waals surface area contributed by atoms with Crippen LogP contribution in [0, 0.1) is 0 Å². The average Bonchev–Trinajstić information content (AvgIpc) is 3.27. The number of phenolic OH excluding ortho intramolecular Hbond substituents is 1. The summed E-state index contributed by atoms with van der Waals surface area (Å²) in [6.45, 7) is 4.96. The summed E-state index contributed by atoms with van der Waals surface area (Å²) < 4.78 is 16.0. The highest BCUT2D eigenvalue weighted by atomic mass is 16.5. The summed E-state index contributed by atoms with van der Waals surface area (Å²) in [5, 5.41) is 13.7. The van der Waals surface area contributed by atoms with E-state index in [1.165, 1.54) is 5.56 Å². The highest BCUT2D eigenvalue weighted by Gasteiger charge is 2.27. The number of para-hydroxylation sites is 1. The van der Waals surface area contributed by atoms with Gasteiger partial charge in [-0.25, -0.2) is 4.99 Å². The van der Waals surface area contributed by atoms with E-state index in [0.717, 1.165) is 49.1 Å². The lowest BCUT2D eigenvalue weighted by atomic mass is 9.98. The number of aromatic hydroxyl groups is 1. The molecule has 162 valence electrons. The molecule has 30 heavy (non-hydrogen) atoms. The second-order valence-corrected chi connectivity index (χ2v) is 7.22. The smallest absolute Gasteiger partial charge is 0.194 e. The number of methoxy groups -OCH3 is 3. The van der Waals surface area contributed by atoms with E-state index >= 15 is 0 Å². The molecular formula is C23H31N3O4. The fourth-order valence-corrected chi connectivity index (χ4v) is 3.74. The Morgan fingerprint density at radius 1 is 1.13 bits per heavy atom. The number of likely N-dealkylation sites (tertiary alicyclic amines) is 1. The van der Waals surface area contributed by atoms with Crippen LogP contribution in [0.4, 0.5) is 0 Å². The summed E-state index contributed by atoms with van der Waals surface area (Å²) in [5.41, 5.74) is 1.94. The van der Waals surface area contributed by atoms with Crippen molar-refractivity contribution in [3.05, 3.63) is 47.5 Å². The second-order valence-electron chi connectivity index (χ2n) is 7.22. The number of nitrogens with zero attached hydrogens (tertiary/aromatic N) is 2. The van der Waals surface area contributed by atoms with Gasteiger partial charge in [0.15, 0.2) is 17.5 Å². The van der Waals surface area contributed by atoms with Gasteiger partial charge in [-0.2, -0.15) is 0 Å². The van der Waals surface area contributed by atoms with Gasteiger partial charge in [-0.15, -0.1) is 0 Å². The minimum Gasteiger partial charge on any atom is -0.504 e. The number of guanidine groups is 1. The zero-order valence-electron chi connectivity index (χ0n) is 18.1. The Morgan fingerprint density at radius 3 is 2.50 bits per heavy atom. The molecule has 1 unspecified atom stereocenters. The summed E-state index contributed by atoms with van der Waals surface area (Å²) >= 11 is 0. The molecule has 0 aliphatic carbocycles. The van der Waals surface area contributed by atoms with E-state index in [9.17, 15) is 5.11 Å². The first-order valence-corrected chi connectivity index (χ1v) is 10.2. The van der Waals surface area contributed by atoms with Gasteiger partial charge < -0.3 is 29.5 Å². The third-order valence-electron chi connectivity index (χ3n) is 5.37. The van der Waals surface area contributed by atoms with Gasteiger partial charge in [0.2, 0.25) is 0 Å². The number of aliphatic imine (C=N–C) groups is 1. The van der Waals surface area contributed by atoms with Crippen LogP contribution in [0.25, 0.3) is 0 Å². The molecule has 1 atom stereocenters. The van der Waals surface area contributed by atoms with E-state index in [2.05, 4.69) is 29.3 Å². The van der Waals surface area contributed by atoms with Crippen molar-refractivity contribution < 1.29 is 19.3 Å². The van der Waals surface area contributed by atoms with Crippen LogP contribution in [0.1, 0.15) is 30.4 Å². The van der Waals surface area contributed by atoms with Crippen LogP contribution in [-0.4, -0.2) is 56.9 Å². The predicted octanol–water partition coefficient (Wildman–Crippen LogP) is 3.37. The molecule has 1 aliphatic rings. The Bertz CT molecular complexity index is 862. The second kappa shape index (κ2) is 10.1. The van der Waals surface area contributed by atoms with Crippen molar-refractivity contribution in [2.24, 2.45) is 4.99 Å². The van der Waals surface area contributed by atoms with E-state index in [1.807, 2.05) is 18.2 Å². The van der Waals surface area contributed by atoms with Crippen LogP contribution in [0.15, 0.2) is 41.4 Å². The Balaban J connectivity index is 1.76. The highest BCUT2D eigenvalue weighted by molar-refractivity contribution is 5.80. The molecule has 0 spiro atoms. The zero-order valence-corrected chi connectivity index (χ0v) is 18.1. The standard InChI is InChI=1S/C23H31N3O4/c1-5-24-23(25-14-16-7-6-8-21(30-4)22(16)27)26-10-9-17(15-26)18-11-19(28-2)13-20(12-18)29-3/h6-8,11-13,17,27H,5,9-10,14-15H2,1-4H3,(H,24,25). The first-order chi connectivity index (χ1) is 14.6. The molecule has 1 heterocycles. The zero-order chi connectivity index (χ0) is 21.5. The minimum absolute atomic E-state index is 0.141. The molecule has 1 aliphatic heterocycles. The quantitative estimate of drug-likeness (QED) is 0.535. The third-order valence-corrected chi connectivity index (χ3v) is 5.37. The first kappa shape index (κ1) is 21.6. The number of ether oxygens (including phenoxy) is 3. The first-order valence-electron chi connectivity index (χ1n) is 10.2. The molecule has 0 radical (unpaired) electrons. The van der Waals surface area contributed by atoms with Gasteiger partial charge in [0.05, 0.1) is 27.9 Å². The van der Waals surface area contributed by atoms with Crippen LogP contribution in [-0.2, 0) is 6.54 Å². The summed E-state index contributed by atoms with van der Waals surface area (Å²) in [6.07, 6.45) is 1.02. The third kappa shape index (κ3) is 4.90. The number of hydrogen-bond donors (Lipinski definition) is 2. The Kier molecular flexibility index (Phi) is 7.27. The van der Waals surface area contributed by atoms with Gasteiger partial charge in [-0.05, 0) is 37.1 Å². The van der Waals surface area contributed by atoms with Crippen molar-refractivity contribution in [3.8, 4) is 23.0 Å². The van der Waals surface area contributed by atoms with Crippen LogP contribution >= 0.6 is 0 Å². The van der Waals surface area contributed by atoms with Crippen LogP contribution in [0.2, 0.25) is 0 Å².